The summed E-state index contributed by atoms with van der Waals surface area (Å²) in [5.41, 5.74) is 1.44. The van der Waals surface area contributed by atoms with Crippen molar-refractivity contribution in [2.75, 3.05) is 13.1 Å². The van der Waals surface area contributed by atoms with E-state index < -0.39 is 0 Å². The molecule has 0 amide bonds. The highest BCUT2D eigenvalue weighted by molar-refractivity contribution is 5.52. The molecular formula is C15H17FN2O2. The number of oxazole rings is 1. The molecule has 1 aromatic heterocycles. The highest BCUT2D eigenvalue weighted by Crippen LogP contribution is 2.21. The van der Waals surface area contributed by atoms with Crippen molar-refractivity contribution in [1.82, 2.24) is 9.88 Å². The summed E-state index contributed by atoms with van der Waals surface area (Å²) in [5.74, 6) is 0.124. The summed E-state index contributed by atoms with van der Waals surface area (Å²) in [6.45, 7) is 2.28. The normalized spacial score (nSPS) is 20.2. The van der Waals surface area contributed by atoms with Crippen LogP contribution in [-0.4, -0.2) is 34.2 Å². The van der Waals surface area contributed by atoms with E-state index in [1.807, 2.05) is 0 Å². The van der Waals surface area contributed by atoms with Crippen LogP contribution in [0.5, 0.6) is 0 Å². The van der Waals surface area contributed by atoms with Gasteiger partial charge < -0.3 is 9.52 Å². The third-order valence-corrected chi connectivity index (χ3v) is 3.49. The molecule has 0 radical (unpaired) electrons. The molecular weight excluding hydrogens is 259 g/mol. The molecule has 1 aliphatic heterocycles. The zero-order chi connectivity index (χ0) is 13.9. The van der Waals surface area contributed by atoms with Gasteiger partial charge in [-0.05, 0) is 37.6 Å². The van der Waals surface area contributed by atoms with E-state index in [0.717, 1.165) is 25.1 Å². The fourth-order valence-electron chi connectivity index (χ4n) is 2.54. The van der Waals surface area contributed by atoms with Crippen LogP contribution in [0.4, 0.5) is 4.39 Å². The lowest BCUT2D eigenvalue weighted by Gasteiger charge is -2.29. The van der Waals surface area contributed by atoms with Gasteiger partial charge in [-0.3, -0.25) is 4.90 Å². The van der Waals surface area contributed by atoms with Gasteiger partial charge in [-0.25, -0.2) is 9.37 Å². The van der Waals surface area contributed by atoms with Crippen LogP contribution in [0.25, 0.3) is 11.5 Å². The van der Waals surface area contributed by atoms with Crippen molar-refractivity contribution in [3.8, 4) is 11.5 Å². The van der Waals surface area contributed by atoms with E-state index in [9.17, 15) is 9.50 Å². The zero-order valence-corrected chi connectivity index (χ0v) is 11.1. The lowest BCUT2D eigenvalue weighted by molar-refractivity contribution is 0.0662. The van der Waals surface area contributed by atoms with Gasteiger partial charge >= 0.3 is 0 Å². The van der Waals surface area contributed by atoms with Gasteiger partial charge in [0.1, 0.15) is 12.1 Å². The number of halogens is 1. The average Bonchev–Trinajstić information content (AvgIpc) is 2.87. The summed E-state index contributed by atoms with van der Waals surface area (Å²) in [5, 5.41) is 9.64. The first-order valence-electron chi connectivity index (χ1n) is 6.81. The minimum Gasteiger partial charge on any atom is -0.444 e. The molecule has 20 heavy (non-hydrogen) atoms. The summed E-state index contributed by atoms with van der Waals surface area (Å²) in [4.78, 5) is 6.54. The molecule has 1 fully saturated rings. The first-order valence-corrected chi connectivity index (χ1v) is 6.81. The fourth-order valence-corrected chi connectivity index (χ4v) is 2.54. The van der Waals surface area contributed by atoms with E-state index in [4.69, 9.17) is 4.42 Å². The molecule has 1 aromatic carbocycles. The molecule has 3 rings (SSSR count). The Morgan fingerprint density at radius 3 is 3.15 bits per heavy atom. The van der Waals surface area contributed by atoms with E-state index in [2.05, 4.69) is 9.88 Å². The van der Waals surface area contributed by atoms with Crippen LogP contribution in [-0.2, 0) is 6.54 Å². The van der Waals surface area contributed by atoms with Crippen molar-refractivity contribution in [1.29, 1.82) is 0 Å². The molecule has 2 heterocycles. The topological polar surface area (TPSA) is 49.5 Å². The van der Waals surface area contributed by atoms with Crippen molar-refractivity contribution >= 4 is 0 Å². The average molecular weight is 276 g/mol. The van der Waals surface area contributed by atoms with Gasteiger partial charge in [0.05, 0.1) is 11.8 Å². The third kappa shape index (κ3) is 3.05. The van der Waals surface area contributed by atoms with E-state index >= 15 is 0 Å². The van der Waals surface area contributed by atoms with Crippen LogP contribution in [0.2, 0.25) is 0 Å². The van der Waals surface area contributed by atoms with Crippen molar-refractivity contribution in [3.05, 3.63) is 42.0 Å². The maximum absolute atomic E-state index is 13.2. The number of hydrogen-bond acceptors (Lipinski definition) is 4. The van der Waals surface area contributed by atoms with Gasteiger partial charge in [0.25, 0.3) is 0 Å². The largest absolute Gasteiger partial charge is 0.444 e. The minimum absolute atomic E-state index is 0.252. The van der Waals surface area contributed by atoms with E-state index in [1.54, 1.807) is 18.4 Å². The summed E-state index contributed by atoms with van der Waals surface area (Å²) in [7, 11) is 0. The molecule has 1 N–H and O–H groups in total. The van der Waals surface area contributed by atoms with E-state index in [-0.39, 0.29) is 11.9 Å². The molecule has 0 unspecified atom stereocenters. The lowest BCUT2D eigenvalue weighted by Crippen LogP contribution is -2.37. The van der Waals surface area contributed by atoms with Gasteiger partial charge in [-0.15, -0.1) is 0 Å². The maximum atomic E-state index is 13.2. The molecule has 0 bridgehead atoms. The Hall–Kier alpha value is -1.72. The number of aromatic nitrogens is 1. The number of hydrogen-bond donors (Lipinski definition) is 1. The number of likely N-dealkylation sites (tertiary alicyclic amines) is 1. The standard InChI is InChI=1S/C15H17FN2O2/c16-12-4-1-3-11(7-12)15-17-13(10-20-15)8-18-6-2-5-14(19)9-18/h1,3-4,7,10,14,19H,2,5-6,8-9H2/t14-/m0/s1. The van der Waals surface area contributed by atoms with Crippen LogP contribution >= 0.6 is 0 Å². The van der Waals surface area contributed by atoms with E-state index in [1.165, 1.54) is 12.1 Å². The van der Waals surface area contributed by atoms with E-state index in [0.29, 0.717) is 24.5 Å². The van der Waals surface area contributed by atoms with Crippen molar-refractivity contribution in [3.63, 3.8) is 0 Å². The van der Waals surface area contributed by atoms with Crippen LogP contribution in [0, 0.1) is 5.82 Å². The van der Waals surface area contributed by atoms with Gasteiger partial charge in [0.15, 0.2) is 0 Å². The highest BCUT2D eigenvalue weighted by Gasteiger charge is 2.19. The molecule has 1 atom stereocenters. The number of aliphatic hydroxyl groups excluding tert-OH is 1. The molecule has 0 saturated carbocycles. The SMILES string of the molecule is O[C@H]1CCCN(Cc2coc(-c3cccc(F)c3)n2)C1. The Bertz CT molecular complexity index is 585. The number of piperidine rings is 1. The monoisotopic (exact) mass is 276 g/mol. The van der Waals surface area contributed by atoms with Crippen LogP contribution in [0.15, 0.2) is 34.9 Å². The van der Waals surface area contributed by atoms with Gasteiger partial charge in [0, 0.05) is 18.7 Å². The lowest BCUT2D eigenvalue weighted by atomic mass is 10.1. The Morgan fingerprint density at radius 2 is 2.35 bits per heavy atom. The molecule has 2 aromatic rings. The Labute approximate surface area is 116 Å². The molecule has 1 aliphatic rings. The predicted octanol–water partition coefficient (Wildman–Crippen LogP) is 2.44. The van der Waals surface area contributed by atoms with Crippen LogP contribution < -0.4 is 0 Å². The third-order valence-electron chi connectivity index (χ3n) is 3.49. The number of nitrogens with zero attached hydrogens (tertiary/aromatic N) is 2. The second-order valence-corrected chi connectivity index (χ2v) is 5.19. The quantitative estimate of drug-likeness (QED) is 0.935. The molecule has 4 nitrogen and oxygen atoms in total. The predicted molar refractivity (Wildman–Crippen MR) is 72.4 cm³/mol. The number of benzene rings is 1. The van der Waals surface area contributed by atoms with Crippen molar-refractivity contribution in [2.45, 2.75) is 25.5 Å². The first kappa shape index (κ1) is 13.3. The minimum atomic E-state index is -0.304. The summed E-state index contributed by atoms with van der Waals surface area (Å²) < 4.78 is 18.6. The summed E-state index contributed by atoms with van der Waals surface area (Å²) in [6.07, 6.45) is 3.21. The van der Waals surface area contributed by atoms with Gasteiger partial charge in [-0.2, -0.15) is 0 Å². The summed E-state index contributed by atoms with van der Waals surface area (Å²) >= 11 is 0. The molecule has 106 valence electrons. The molecule has 5 heteroatoms. The molecule has 0 spiro atoms. The Kier molecular flexibility index (Phi) is 3.80. The number of β-amino-alcohol motifs (C(OH)–C–C–N with tert-alkyl or cyclic N) is 1. The summed E-state index contributed by atoms with van der Waals surface area (Å²) in [6, 6.07) is 6.20. The second-order valence-electron chi connectivity index (χ2n) is 5.19. The zero-order valence-electron chi connectivity index (χ0n) is 11.1. The number of aliphatic hydroxyl groups is 1. The van der Waals surface area contributed by atoms with Crippen molar-refractivity contribution in [2.24, 2.45) is 0 Å². The number of rotatable bonds is 3. The molecule has 0 aliphatic carbocycles. The van der Waals surface area contributed by atoms with Crippen molar-refractivity contribution < 1.29 is 13.9 Å². The van der Waals surface area contributed by atoms with Gasteiger partial charge in [-0.1, -0.05) is 6.07 Å². The Balaban J connectivity index is 1.70. The molecule has 1 saturated heterocycles. The Morgan fingerprint density at radius 1 is 1.45 bits per heavy atom. The fraction of sp³-hybridized carbons (Fsp3) is 0.400. The van der Waals surface area contributed by atoms with Crippen LogP contribution in [0.1, 0.15) is 18.5 Å². The maximum Gasteiger partial charge on any atom is 0.226 e. The smallest absolute Gasteiger partial charge is 0.226 e. The second kappa shape index (κ2) is 5.73. The first-order chi connectivity index (χ1) is 9.70. The highest BCUT2D eigenvalue weighted by atomic mass is 19.1. The van der Waals surface area contributed by atoms with Gasteiger partial charge in [0.2, 0.25) is 5.89 Å². The van der Waals surface area contributed by atoms with Crippen LogP contribution in [0.3, 0.4) is 0 Å².